The molecule has 1 aliphatic rings. The standard InChI is InChI=1S/C11H10N2OS/c1-7-2-3-9-8(6-7)13-11(14)10(15-9)4-5-12/h2-3,6,10H,4H2,1H3,(H,13,14). The number of carbonyl (C=O) groups is 1. The van der Waals surface area contributed by atoms with Gasteiger partial charge in [-0.15, -0.1) is 11.8 Å². The molecule has 3 nitrogen and oxygen atoms in total. The van der Waals surface area contributed by atoms with Crippen molar-refractivity contribution in [2.75, 3.05) is 5.32 Å². The molecule has 1 N–H and O–H groups in total. The van der Waals surface area contributed by atoms with Crippen LogP contribution in [0.4, 0.5) is 5.69 Å². The molecular formula is C11H10N2OS. The molecule has 1 amide bonds. The van der Waals surface area contributed by atoms with Crippen LogP contribution in [0.1, 0.15) is 12.0 Å². The van der Waals surface area contributed by atoms with Gasteiger partial charge in [-0.25, -0.2) is 0 Å². The molecule has 0 saturated carbocycles. The number of fused-ring (bicyclic) bond motifs is 1. The first-order valence-corrected chi connectivity index (χ1v) is 5.54. The molecule has 1 unspecified atom stereocenters. The van der Waals surface area contributed by atoms with Gasteiger partial charge in [0, 0.05) is 4.90 Å². The van der Waals surface area contributed by atoms with E-state index < -0.39 is 0 Å². The molecule has 76 valence electrons. The molecule has 0 aromatic heterocycles. The van der Waals surface area contributed by atoms with Gasteiger partial charge in [-0.3, -0.25) is 4.79 Å². The molecule has 0 spiro atoms. The van der Waals surface area contributed by atoms with Crippen LogP contribution in [0.3, 0.4) is 0 Å². The summed E-state index contributed by atoms with van der Waals surface area (Å²) in [4.78, 5) is 12.6. The van der Waals surface area contributed by atoms with E-state index in [2.05, 4.69) is 5.32 Å². The number of aryl methyl sites for hydroxylation is 1. The zero-order chi connectivity index (χ0) is 10.8. The molecule has 1 aliphatic heterocycles. The van der Waals surface area contributed by atoms with Crippen LogP contribution in [-0.2, 0) is 4.79 Å². The topological polar surface area (TPSA) is 52.9 Å². The zero-order valence-electron chi connectivity index (χ0n) is 8.28. The van der Waals surface area contributed by atoms with Crippen LogP contribution in [-0.4, -0.2) is 11.2 Å². The van der Waals surface area contributed by atoms with Crippen LogP contribution in [0.25, 0.3) is 0 Å². The van der Waals surface area contributed by atoms with Crippen LogP contribution in [0.2, 0.25) is 0 Å². The van der Waals surface area contributed by atoms with E-state index >= 15 is 0 Å². The van der Waals surface area contributed by atoms with Crippen LogP contribution >= 0.6 is 11.8 Å². The first kappa shape index (κ1) is 10.1. The summed E-state index contributed by atoms with van der Waals surface area (Å²) in [6.45, 7) is 1.98. The Morgan fingerprint density at radius 1 is 1.60 bits per heavy atom. The van der Waals surface area contributed by atoms with Crippen molar-refractivity contribution in [3.05, 3.63) is 23.8 Å². The van der Waals surface area contributed by atoms with Crippen molar-refractivity contribution in [1.29, 1.82) is 5.26 Å². The minimum absolute atomic E-state index is 0.0698. The number of hydrogen-bond acceptors (Lipinski definition) is 3. The molecule has 2 rings (SSSR count). The number of benzene rings is 1. The largest absolute Gasteiger partial charge is 0.324 e. The maximum atomic E-state index is 11.6. The number of amides is 1. The lowest BCUT2D eigenvalue weighted by Gasteiger charge is -2.22. The number of nitrogens with zero attached hydrogens (tertiary/aromatic N) is 1. The molecule has 0 radical (unpaired) electrons. The van der Waals surface area contributed by atoms with Crippen molar-refractivity contribution in [3.63, 3.8) is 0 Å². The minimum Gasteiger partial charge on any atom is -0.324 e. The van der Waals surface area contributed by atoms with Gasteiger partial charge in [-0.05, 0) is 24.6 Å². The van der Waals surface area contributed by atoms with Crippen molar-refractivity contribution in [2.45, 2.75) is 23.5 Å². The number of nitriles is 1. The fourth-order valence-electron chi connectivity index (χ4n) is 1.48. The molecule has 1 heterocycles. The van der Waals surface area contributed by atoms with Crippen molar-refractivity contribution in [3.8, 4) is 6.07 Å². The first-order chi connectivity index (χ1) is 7.20. The molecule has 15 heavy (non-hydrogen) atoms. The Kier molecular flexibility index (Phi) is 2.65. The maximum absolute atomic E-state index is 11.6. The van der Waals surface area contributed by atoms with Crippen molar-refractivity contribution >= 4 is 23.4 Å². The summed E-state index contributed by atoms with van der Waals surface area (Å²) >= 11 is 1.46. The number of nitrogens with one attached hydrogen (secondary N) is 1. The summed E-state index contributed by atoms with van der Waals surface area (Å²) in [5.41, 5.74) is 1.98. The maximum Gasteiger partial charge on any atom is 0.238 e. The lowest BCUT2D eigenvalue weighted by atomic mass is 10.2. The van der Waals surface area contributed by atoms with Crippen LogP contribution in [0.15, 0.2) is 23.1 Å². The van der Waals surface area contributed by atoms with E-state index in [1.54, 1.807) is 0 Å². The highest BCUT2D eigenvalue weighted by molar-refractivity contribution is 8.01. The van der Waals surface area contributed by atoms with Gasteiger partial charge in [-0.2, -0.15) is 5.26 Å². The average Bonchev–Trinajstić information content (AvgIpc) is 2.20. The molecule has 4 heteroatoms. The highest BCUT2D eigenvalue weighted by Gasteiger charge is 2.26. The molecule has 0 bridgehead atoms. The third-order valence-electron chi connectivity index (χ3n) is 2.23. The molecule has 0 aliphatic carbocycles. The number of rotatable bonds is 1. The molecule has 1 atom stereocenters. The SMILES string of the molecule is Cc1ccc2c(c1)NC(=O)C(CC#N)S2. The Labute approximate surface area is 92.5 Å². The van der Waals surface area contributed by atoms with E-state index in [-0.39, 0.29) is 17.6 Å². The fraction of sp³-hybridized carbons (Fsp3) is 0.273. The summed E-state index contributed by atoms with van der Waals surface area (Å²) in [5.74, 6) is -0.0698. The van der Waals surface area contributed by atoms with Gasteiger partial charge in [0.25, 0.3) is 0 Å². The first-order valence-electron chi connectivity index (χ1n) is 4.66. The Morgan fingerprint density at radius 2 is 2.40 bits per heavy atom. The van der Waals surface area contributed by atoms with Crippen LogP contribution < -0.4 is 5.32 Å². The summed E-state index contributed by atoms with van der Waals surface area (Å²) in [6.07, 6.45) is 0.254. The van der Waals surface area contributed by atoms with E-state index in [9.17, 15) is 4.79 Å². The van der Waals surface area contributed by atoms with Crippen molar-refractivity contribution < 1.29 is 4.79 Å². The van der Waals surface area contributed by atoms with Gasteiger partial charge in [0.1, 0.15) is 5.25 Å². The Balaban J connectivity index is 2.30. The van der Waals surface area contributed by atoms with Gasteiger partial charge >= 0.3 is 0 Å². The highest BCUT2D eigenvalue weighted by atomic mass is 32.2. The third-order valence-corrected chi connectivity index (χ3v) is 3.51. The Morgan fingerprint density at radius 3 is 3.13 bits per heavy atom. The van der Waals surface area contributed by atoms with Crippen molar-refractivity contribution in [1.82, 2.24) is 0 Å². The second-order valence-electron chi connectivity index (χ2n) is 3.46. The number of carbonyl (C=O) groups excluding carboxylic acids is 1. The van der Waals surface area contributed by atoms with Gasteiger partial charge in [0.05, 0.1) is 18.2 Å². The van der Waals surface area contributed by atoms with Gasteiger partial charge < -0.3 is 5.32 Å². The zero-order valence-corrected chi connectivity index (χ0v) is 9.10. The normalized spacial score (nSPS) is 18.9. The predicted octanol–water partition coefficient (Wildman–Crippen LogP) is 2.32. The minimum atomic E-state index is -0.273. The molecule has 1 aromatic rings. The quantitative estimate of drug-likeness (QED) is 0.787. The highest BCUT2D eigenvalue weighted by Crippen LogP contribution is 2.37. The van der Waals surface area contributed by atoms with E-state index in [1.165, 1.54) is 11.8 Å². The summed E-state index contributed by atoms with van der Waals surface area (Å²) < 4.78 is 0. The van der Waals surface area contributed by atoms with Crippen LogP contribution in [0.5, 0.6) is 0 Å². The number of anilines is 1. The van der Waals surface area contributed by atoms with Crippen molar-refractivity contribution in [2.24, 2.45) is 0 Å². The van der Waals surface area contributed by atoms with E-state index in [1.807, 2.05) is 31.2 Å². The van der Waals surface area contributed by atoms with Gasteiger partial charge in [-0.1, -0.05) is 6.07 Å². The second-order valence-corrected chi connectivity index (χ2v) is 4.70. The van der Waals surface area contributed by atoms with E-state index in [4.69, 9.17) is 5.26 Å². The lowest BCUT2D eigenvalue weighted by molar-refractivity contribution is -0.115. The summed E-state index contributed by atoms with van der Waals surface area (Å²) in [6, 6.07) is 7.97. The van der Waals surface area contributed by atoms with E-state index in [0.29, 0.717) is 0 Å². The number of hydrogen-bond donors (Lipinski definition) is 1. The Hall–Kier alpha value is -1.47. The lowest BCUT2D eigenvalue weighted by Crippen LogP contribution is -2.28. The predicted molar refractivity (Wildman–Crippen MR) is 59.7 cm³/mol. The summed E-state index contributed by atoms with van der Waals surface area (Å²) in [7, 11) is 0. The summed E-state index contributed by atoms with van der Waals surface area (Å²) in [5, 5.41) is 11.1. The molecule has 1 aromatic carbocycles. The average molecular weight is 218 g/mol. The molecular weight excluding hydrogens is 208 g/mol. The second kappa shape index (κ2) is 3.95. The number of thioether (sulfide) groups is 1. The van der Waals surface area contributed by atoms with Gasteiger partial charge in [0.2, 0.25) is 5.91 Å². The third kappa shape index (κ3) is 1.97. The van der Waals surface area contributed by atoms with Gasteiger partial charge in [0.15, 0.2) is 0 Å². The smallest absolute Gasteiger partial charge is 0.238 e. The monoisotopic (exact) mass is 218 g/mol. The molecule has 0 fully saturated rings. The molecule has 0 saturated heterocycles. The van der Waals surface area contributed by atoms with E-state index in [0.717, 1.165) is 16.1 Å². The van der Waals surface area contributed by atoms with Crippen LogP contribution in [0, 0.1) is 18.3 Å². The fourth-order valence-corrected chi connectivity index (χ4v) is 2.50. The Bertz CT molecular complexity index is 450.